The van der Waals surface area contributed by atoms with E-state index in [0.29, 0.717) is 0 Å². The topological polar surface area (TPSA) is 18.5 Å². The molecule has 0 saturated carbocycles. The van der Waals surface area contributed by atoms with Gasteiger partial charge in [-0.05, 0) is 60.2 Å². The van der Waals surface area contributed by atoms with Crippen LogP contribution in [0.4, 0.5) is 0 Å². The van der Waals surface area contributed by atoms with Crippen LogP contribution in [0, 0.1) is 0 Å². The second-order valence-corrected chi connectivity index (χ2v) is 7.02. The Bertz CT molecular complexity index is 235. The lowest BCUT2D eigenvalue weighted by atomic mass is 10.1. The molecule has 1 unspecified atom stereocenters. The number of likely N-dealkylation sites (N-methyl/N-ethyl adjacent to an activating group) is 1. The van der Waals surface area contributed by atoms with Crippen molar-refractivity contribution in [2.75, 3.05) is 39.3 Å². The Hall–Kier alpha value is -0.120. The molecule has 3 nitrogen and oxygen atoms in total. The van der Waals surface area contributed by atoms with Gasteiger partial charge in [0.05, 0.1) is 0 Å². The van der Waals surface area contributed by atoms with Crippen LogP contribution in [0.5, 0.6) is 0 Å². The summed E-state index contributed by atoms with van der Waals surface area (Å²) in [6, 6.07) is 0.737. The molecule has 0 bridgehead atoms. The average molecular weight is 269 g/mol. The fourth-order valence-electron chi connectivity index (χ4n) is 2.84. The first-order valence-corrected chi connectivity index (χ1v) is 8.14. The lowest BCUT2D eigenvalue weighted by Gasteiger charge is -2.39. The Morgan fingerprint density at radius 2 is 1.84 bits per heavy atom. The Labute approximate surface area is 120 Å². The number of unbranched alkanes of at least 4 members (excludes halogenated alkanes) is 2. The van der Waals surface area contributed by atoms with Gasteiger partial charge in [-0.15, -0.1) is 0 Å². The van der Waals surface area contributed by atoms with Crippen LogP contribution in [-0.4, -0.2) is 60.6 Å². The fraction of sp³-hybridized carbons (Fsp3) is 1.00. The molecule has 1 rings (SSSR count). The molecular formula is C16H35N3. The molecule has 0 aliphatic carbocycles. The molecule has 114 valence electrons. The van der Waals surface area contributed by atoms with Crippen molar-refractivity contribution in [3.05, 3.63) is 0 Å². The third kappa shape index (κ3) is 7.28. The molecule has 1 heterocycles. The van der Waals surface area contributed by atoms with Crippen molar-refractivity contribution in [1.29, 1.82) is 0 Å². The first kappa shape index (κ1) is 16.9. The second kappa shape index (κ2) is 8.23. The van der Waals surface area contributed by atoms with Gasteiger partial charge < -0.3 is 10.2 Å². The van der Waals surface area contributed by atoms with Crippen LogP contribution in [0.25, 0.3) is 0 Å². The third-order valence-electron chi connectivity index (χ3n) is 4.06. The second-order valence-electron chi connectivity index (χ2n) is 7.02. The smallest absolute Gasteiger partial charge is 0.0195 e. The fourth-order valence-corrected chi connectivity index (χ4v) is 2.84. The van der Waals surface area contributed by atoms with Gasteiger partial charge in [0.15, 0.2) is 0 Å². The van der Waals surface area contributed by atoms with Crippen LogP contribution in [0.2, 0.25) is 0 Å². The van der Waals surface area contributed by atoms with Crippen molar-refractivity contribution < 1.29 is 0 Å². The van der Waals surface area contributed by atoms with Gasteiger partial charge in [0.2, 0.25) is 0 Å². The van der Waals surface area contributed by atoms with E-state index in [2.05, 4.69) is 49.7 Å². The van der Waals surface area contributed by atoms with Crippen molar-refractivity contribution in [2.45, 2.75) is 65.5 Å². The molecule has 1 N–H and O–H groups in total. The minimum Gasteiger partial charge on any atom is -0.312 e. The summed E-state index contributed by atoms with van der Waals surface area (Å²) in [5.41, 5.74) is 0.270. The summed E-state index contributed by atoms with van der Waals surface area (Å²) in [4.78, 5) is 5.23. The molecule has 3 heteroatoms. The summed E-state index contributed by atoms with van der Waals surface area (Å²) in [5.74, 6) is 0. The average Bonchev–Trinajstić information content (AvgIpc) is 2.32. The normalized spacial score (nSPS) is 22.9. The van der Waals surface area contributed by atoms with Crippen molar-refractivity contribution in [3.63, 3.8) is 0 Å². The van der Waals surface area contributed by atoms with E-state index in [1.165, 1.54) is 52.0 Å². The molecular weight excluding hydrogens is 234 g/mol. The molecule has 0 aromatic carbocycles. The highest BCUT2D eigenvalue weighted by Gasteiger charge is 2.21. The lowest BCUT2D eigenvalue weighted by Crippen LogP contribution is -2.51. The number of nitrogens with zero attached hydrogens (tertiary/aromatic N) is 2. The van der Waals surface area contributed by atoms with Gasteiger partial charge in [-0.1, -0.05) is 13.3 Å². The summed E-state index contributed by atoms with van der Waals surface area (Å²) < 4.78 is 0. The van der Waals surface area contributed by atoms with Crippen molar-refractivity contribution in [2.24, 2.45) is 0 Å². The van der Waals surface area contributed by atoms with E-state index >= 15 is 0 Å². The maximum absolute atomic E-state index is 3.56. The van der Waals surface area contributed by atoms with Gasteiger partial charge in [-0.3, -0.25) is 4.90 Å². The van der Waals surface area contributed by atoms with Crippen LogP contribution in [0.3, 0.4) is 0 Å². The summed E-state index contributed by atoms with van der Waals surface area (Å²) in [5, 5.41) is 3.56. The number of nitrogens with one attached hydrogen (secondary N) is 1. The summed E-state index contributed by atoms with van der Waals surface area (Å²) >= 11 is 0. The largest absolute Gasteiger partial charge is 0.312 e. The molecule has 0 aromatic rings. The Kier molecular flexibility index (Phi) is 7.33. The van der Waals surface area contributed by atoms with E-state index in [1.54, 1.807) is 0 Å². The predicted molar refractivity (Wildman–Crippen MR) is 84.8 cm³/mol. The maximum atomic E-state index is 3.56. The van der Waals surface area contributed by atoms with Gasteiger partial charge in [-0.25, -0.2) is 0 Å². The summed E-state index contributed by atoms with van der Waals surface area (Å²) in [6.45, 7) is 18.8. The van der Waals surface area contributed by atoms with E-state index in [0.717, 1.165) is 12.6 Å². The number of rotatable bonds is 7. The molecule has 1 aliphatic heterocycles. The van der Waals surface area contributed by atoms with Crippen LogP contribution in [0.1, 0.15) is 53.9 Å². The van der Waals surface area contributed by atoms with Crippen LogP contribution >= 0.6 is 0 Å². The Morgan fingerprint density at radius 1 is 1.11 bits per heavy atom. The maximum Gasteiger partial charge on any atom is 0.0195 e. The molecule has 1 atom stereocenters. The highest BCUT2D eigenvalue weighted by molar-refractivity contribution is 4.78. The zero-order chi connectivity index (χ0) is 14.3. The number of hydrogen-bond acceptors (Lipinski definition) is 3. The van der Waals surface area contributed by atoms with Crippen molar-refractivity contribution >= 4 is 0 Å². The van der Waals surface area contributed by atoms with E-state index in [9.17, 15) is 0 Å². The van der Waals surface area contributed by atoms with Gasteiger partial charge in [0, 0.05) is 31.2 Å². The molecule has 1 fully saturated rings. The number of piperazine rings is 1. The molecule has 19 heavy (non-hydrogen) atoms. The summed E-state index contributed by atoms with van der Waals surface area (Å²) in [6.07, 6.45) is 4.01. The molecule has 0 radical (unpaired) electrons. The SMILES string of the molecule is CCN1CCN(CCCCCNC(C)(C)C)CC1C. The van der Waals surface area contributed by atoms with Crippen LogP contribution in [0.15, 0.2) is 0 Å². The van der Waals surface area contributed by atoms with Crippen LogP contribution < -0.4 is 5.32 Å². The predicted octanol–water partition coefficient (Wildman–Crippen LogP) is 2.57. The highest BCUT2D eigenvalue weighted by atomic mass is 15.3. The van der Waals surface area contributed by atoms with Gasteiger partial charge in [-0.2, -0.15) is 0 Å². The van der Waals surface area contributed by atoms with E-state index in [-0.39, 0.29) is 5.54 Å². The lowest BCUT2D eigenvalue weighted by molar-refractivity contribution is 0.0869. The molecule has 0 spiro atoms. The standard InChI is InChI=1S/C16H35N3/c1-6-19-13-12-18(14-15(19)2)11-9-7-8-10-17-16(3,4)5/h15,17H,6-14H2,1-5H3. The highest BCUT2D eigenvalue weighted by Crippen LogP contribution is 2.10. The quantitative estimate of drug-likeness (QED) is 0.717. The molecule has 1 saturated heterocycles. The zero-order valence-electron chi connectivity index (χ0n) is 13.8. The minimum atomic E-state index is 0.270. The first-order valence-electron chi connectivity index (χ1n) is 8.14. The Balaban J connectivity index is 2.01. The van der Waals surface area contributed by atoms with Crippen molar-refractivity contribution in [1.82, 2.24) is 15.1 Å². The van der Waals surface area contributed by atoms with Gasteiger partial charge >= 0.3 is 0 Å². The Morgan fingerprint density at radius 3 is 2.42 bits per heavy atom. The number of hydrogen-bond donors (Lipinski definition) is 1. The van der Waals surface area contributed by atoms with E-state index in [1.807, 2.05) is 0 Å². The van der Waals surface area contributed by atoms with E-state index < -0.39 is 0 Å². The summed E-state index contributed by atoms with van der Waals surface area (Å²) in [7, 11) is 0. The molecule has 1 aliphatic rings. The first-order chi connectivity index (χ1) is 8.92. The molecule has 0 aromatic heterocycles. The monoisotopic (exact) mass is 269 g/mol. The van der Waals surface area contributed by atoms with Crippen molar-refractivity contribution in [3.8, 4) is 0 Å². The van der Waals surface area contributed by atoms with E-state index in [4.69, 9.17) is 0 Å². The van der Waals surface area contributed by atoms with Gasteiger partial charge in [0.1, 0.15) is 0 Å². The molecule has 0 amide bonds. The van der Waals surface area contributed by atoms with Gasteiger partial charge in [0.25, 0.3) is 0 Å². The third-order valence-corrected chi connectivity index (χ3v) is 4.06. The zero-order valence-corrected chi connectivity index (χ0v) is 13.8. The van der Waals surface area contributed by atoms with Crippen LogP contribution in [-0.2, 0) is 0 Å². The minimum absolute atomic E-state index is 0.270.